The quantitative estimate of drug-likeness (QED) is 0.793. The van der Waals surface area contributed by atoms with Gasteiger partial charge in [-0.05, 0) is 26.2 Å². The Morgan fingerprint density at radius 2 is 2.41 bits per heavy atom. The molecule has 0 saturated carbocycles. The van der Waals surface area contributed by atoms with Crippen molar-refractivity contribution in [3.63, 3.8) is 0 Å². The number of nitriles is 1. The molecule has 0 aliphatic carbocycles. The van der Waals surface area contributed by atoms with Gasteiger partial charge in [-0.15, -0.1) is 0 Å². The highest BCUT2D eigenvalue weighted by Crippen LogP contribution is 2.14. The molecule has 0 radical (unpaired) electrons. The summed E-state index contributed by atoms with van der Waals surface area (Å²) >= 11 is 0. The first-order valence-corrected chi connectivity index (χ1v) is 6.11. The molecule has 0 saturated heterocycles. The van der Waals surface area contributed by atoms with Gasteiger partial charge in [0.15, 0.2) is 5.84 Å². The Hall–Kier alpha value is -1.63. The number of hydrogen-bond donors (Lipinski definition) is 1. The predicted octanol–water partition coefficient (Wildman–Crippen LogP) is 2.42. The lowest BCUT2D eigenvalue weighted by atomic mass is 10.0. The minimum atomic E-state index is 0.160. The monoisotopic (exact) mass is 232 g/mol. The fraction of sp³-hybridized carbons (Fsp3) is 0.615. The van der Waals surface area contributed by atoms with Crippen LogP contribution in [0.15, 0.2) is 21.6 Å². The van der Waals surface area contributed by atoms with Gasteiger partial charge in [-0.2, -0.15) is 5.26 Å². The van der Waals surface area contributed by atoms with Crippen LogP contribution >= 0.6 is 0 Å². The molecule has 0 amide bonds. The zero-order valence-electron chi connectivity index (χ0n) is 10.8. The van der Waals surface area contributed by atoms with Crippen LogP contribution in [0.2, 0.25) is 0 Å². The molecule has 17 heavy (non-hydrogen) atoms. The van der Waals surface area contributed by atoms with E-state index in [9.17, 15) is 0 Å². The smallest absolute Gasteiger partial charge is 0.167 e. The molecule has 0 aromatic rings. The zero-order chi connectivity index (χ0) is 12.8. The summed E-state index contributed by atoms with van der Waals surface area (Å²) < 4.78 is 0. The van der Waals surface area contributed by atoms with Gasteiger partial charge in [-0.1, -0.05) is 19.9 Å². The lowest BCUT2D eigenvalue weighted by molar-refractivity contribution is 0.684. The minimum Gasteiger partial charge on any atom is -0.387 e. The first-order chi connectivity index (χ1) is 8.08. The Morgan fingerprint density at radius 3 is 3.00 bits per heavy atom. The van der Waals surface area contributed by atoms with Gasteiger partial charge in [0.25, 0.3) is 0 Å². The minimum absolute atomic E-state index is 0.160. The van der Waals surface area contributed by atoms with Gasteiger partial charge < -0.3 is 5.73 Å². The van der Waals surface area contributed by atoms with E-state index in [-0.39, 0.29) is 12.0 Å². The molecule has 2 N–H and O–H groups in total. The van der Waals surface area contributed by atoms with Gasteiger partial charge in [-0.3, -0.25) is 4.99 Å². The largest absolute Gasteiger partial charge is 0.387 e. The van der Waals surface area contributed by atoms with Gasteiger partial charge in [0.1, 0.15) is 11.9 Å². The van der Waals surface area contributed by atoms with Crippen LogP contribution in [0.5, 0.6) is 0 Å². The molecule has 0 aromatic carbocycles. The Balaban J connectivity index is 3.12. The predicted molar refractivity (Wildman–Crippen MR) is 70.9 cm³/mol. The van der Waals surface area contributed by atoms with E-state index in [1.54, 1.807) is 0 Å². The molecule has 0 spiro atoms. The first-order valence-electron chi connectivity index (χ1n) is 6.11. The lowest BCUT2D eigenvalue weighted by Crippen LogP contribution is -2.24. The second-order valence-electron chi connectivity index (χ2n) is 4.45. The van der Waals surface area contributed by atoms with E-state index in [4.69, 9.17) is 11.0 Å². The average molecular weight is 232 g/mol. The number of allylic oxidation sites excluding steroid dienone is 1. The van der Waals surface area contributed by atoms with Crippen LogP contribution in [0.25, 0.3) is 0 Å². The van der Waals surface area contributed by atoms with E-state index in [0.29, 0.717) is 17.2 Å². The average Bonchev–Trinajstić information content (AvgIpc) is 2.31. The summed E-state index contributed by atoms with van der Waals surface area (Å²) in [7, 11) is 0. The maximum atomic E-state index is 9.11. The Morgan fingerprint density at radius 1 is 1.71 bits per heavy atom. The molecule has 92 valence electrons. The molecule has 0 fully saturated rings. The van der Waals surface area contributed by atoms with Crippen molar-refractivity contribution in [3.8, 4) is 6.07 Å². The highest BCUT2D eigenvalue weighted by molar-refractivity contribution is 6.08. The maximum absolute atomic E-state index is 9.11. The molecule has 4 heteroatoms. The fourth-order valence-corrected chi connectivity index (χ4v) is 1.50. The van der Waals surface area contributed by atoms with Crippen LogP contribution < -0.4 is 5.73 Å². The zero-order valence-corrected chi connectivity index (χ0v) is 10.8. The normalized spacial score (nSPS) is 28.4. The van der Waals surface area contributed by atoms with Crippen LogP contribution in [0.4, 0.5) is 0 Å². The number of nitrogens with two attached hydrogens (primary N) is 1. The van der Waals surface area contributed by atoms with Gasteiger partial charge in [0.05, 0.1) is 5.57 Å². The van der Waals surface area contributed by atoms with Crippen molar-refractivity contribution in [3.05, 3.63) is 11.6 Å². The fourth-order valence-electron chi connectivity index (χ4n) is 1.50. The molecule has 1 rings (SSSR count). The molecular weight excluding hydrogens is 212 g/mol. The molecule has 4 nitrogen and oxygen atoms in total. The summed E-state index contributed by atoms with van der Waals surface area (Å²) in [5, 5.41) is 9.11. The van der Waals surface area contributed by atoms with Crippen molar-refractivity contribution in [1.82, 2.24) is 0 Å². The third-order valence-electron chi connectivity index (χ3n) is 2.98. The van der Waals surface area contributed by atoms with Crippen LogP contribution in [0, 0.1) is 17.2 Å². The SMILES string of the molecule is CCC(C)N=C1N=C(N)C(C)CC/C=C\1C#N. The van der Waals surface area contributed by atoms with Gasteiger partial charge in [0.2, 0.25) is 0 Å². The number of hydrogen-bond acceptors (Lipinski definition) is 3. The molecule has 2 atom stereocenters. The molecule has 0 bridgehead atoms. The number of nitrogens with zero attached hydrogens (tertiary/aromatic N) is 3. The van der Waals surface area contributed by atoms with Crippen LogP contribution in [0.1, 0.15) is 40.0 Å². The van der Waals surface area contributed by atoms with Crippen molar-refractivity contribution in [2.45, 2.75) is 46.1 Å². The van der Waals surface area contributed by atoms with Gasteiger partial charge in [0, 0.05) is 12.0 Å². The van der Waals surface area contributed by atoms with Crippen molar-refractivity contribution in [2.24, 2.45) is 21.6 Å². The topological polar surface area (TPSA) is 74.5 Å². The maximum Gasteiger partial charge on any atom is 0.167 e. The Bertz CT molecular complexity index is 398. The summed E-state index contributed by atoms with van der Waals surface area (Å²) in [6.45, 7) is 6.11. The van der Waals surface area contributed by atoms with E-state index in [1.807, 2.05) is 19.9 Å². The van der Waals surface area contributed by atoms with E-state index < -0.39 is 0 Å². The highest BCUT2D eigenvalue weighted by atomic mass is 15.0. The van der Waals surface area contributed by atoms with E-state index in [1.165, 1.54) is 0 Å². The lowest BCUT2D eigenvalue weighted by Gasteiger charge is -2.14. The number of aliphatic imine (C=N–C) groups is 2. The van der Waals surface area contributed by atoms with Crippen LogP contribution in [-0.2, 0) is 0 Å². The summed E-state index contributed by atoms with van der Waals surface area (Å²) in [5.74, 6) is 1.31. The summed E-state index contributed by atoms with van der Waals surface area (Å²) in [4.78, 5) is 8.76. The van der Waals surface area contributed by atoms with Crippen molar-refractivity contribution in [1.29, 1.82) is 5.26 Å². The Kier molecular flexibility index (Phi) is 4.89. The number of rotatable bonds is 2. The van der Waals surface area contributed by atoms with E-state index in [0.717, 1.165) is 19.3 Å². The standard InChI is InChI=1S/C13H20N4/c1-4-10(3)16-13-11(8-14)7-5-6-9(2)12(15)17-13/h7,9-10H,4-6H2,1-3H3,(H2,15,16,17)/b11-7-. The summed E-state index contributed by atoms with van der Waals surface area (Å²) in [6, 6.07) is 2.31. The van der Waals surface area contributed by atoms with Crippen LogP contribution in [0.3, 0.4) is 0 Å². The second kappa shape index (κ2) is 6.19. The Labute approximate surface area is 103 Å². The first kappa shape index (κ1) is 13.4. The molecule has 1 aliphatic rings. The van der Waals surface area contributed by atoms with Crippen LogP contribution in [-0.4, -0.2) is 17.7 Å². The van der Waals surface area contributed by atoms with Crippen molar-refractivity contribution >= 4 is 11.7 Å². The highest BCUT2D eigenvalue weighted by Gasteiger charge is 2.15. The van der Waals surface area contributed by atoms with Gasteiger partial charge >= 0.3 is 0 Å². The molecular formula is C13H20N4. The summed E-state index contributed by atoms with van der Waals surface area (Å²) in [5.41, 5.74) is 6.45. The van der Waals surface area contributed by atoms with E-state index in [2.05, 4.69) is 23.0 Å². The second-order valence-corrected chi connectivity index (χ2v) is 4.45. The van der Waals surface area contributed by atoms with Gasteiger partial charge in [-0.25, -0.2) is 4.99 Å². The molecule has 2 unspecified atom stereocenters. The molecule has 0 aromatic heterocycles. The third-order valence-corrected chi connectivity index (χ3v) is 2.98. The third kappa shape index (κ3) is 3.70. The molecule has 1 heterocycles. The van der Waals surface area contributed by atoms with E-state index >= 15 is 0 Å². The summed E-state index contributed by atoms with van der Waals surface area (Å²) in [6.07, 6.45) is 4.61. The van der Waals surface area contributed by atoms with Crippen molar-refractivity contribution in [2.75, 3.05) is 0 Å². The van der Waals surface area contributed by atoms with Crippen molar-refractivity contribution < 1.29 is 0 Å². The molecule has 1 aliphatic heterocycles. The number of amidine groups is 2.